The maximum atomic E-state index is 6.45. The third-order valence-corrected chi connectivity index (χ3v) is 9.48. The highest BCUT2D eigenvalue weighted by Gasteiger charge is 2.20. The Labute approximate surface area is 282 Å². The van der Waals surface area contributed by atoms with Crippen LogP contribution in [0.2, 0.25) is 0 Å². The summed E-state index contributed by atoms with van der Waals surface area (Å²) in [5.41, 5.74) is 6.52. The van der Waals surface area contributed by atoms with Gasteiger partial charge < -0.3 is 4.42 Å². The van der Waals surface area contributed by atoms with Gasteiger partial charge in [-0.25, -0.2) is 15.0 Å². The maximum absolute atomic E-state index is 6.45. The summed E-state index contributed by atoms with van der Waals surface area (Å²) in [4.78, 5) is 15.5. The lowest BCUT2D eigenvalue weighted by molar-refractivity contribution is 0.669. The van der Waals surface area contributed by atoms with Gasteiger partial charge in [0.1, 0.15) is 11.2 Å². The summed E-state index contributed by atoms with van der Waals surface area (Å²) in [5, 5.41) is 9.33. The number of para-hydroxylation sites is 1. The van der Waals surface area contributed by atoms with Crippen LogP contribution in [0.1, 0.15) is 0 Å². The van der Waals surface area contributed by atoms with E-state index in [0.29, 0.717) is 17.5 Å². The van der Waals surface area contributed by atoms with Crippen molar-refractivity contribution in [3.8, 4) is 45.3 Å². The van der Waals surface area contributed by atoms with Crippen LogP contribution in [0, 0.1) is 0 Å². The fourth-order valence-corrected chi connectivity index (χ4v) is 7.14. The number of furan rings is 1. The molecule has 10 rings (SSSR count). The summed E-state index contributed by atoms with van der Waals surface area (Å²) in [6, 6.07) is 56.9. The van der Waals surface area contributed by atoms with Gasteiger partial charge >= 0.3 is 0 Å². The average Bonchev–Trinajstić information content (AvgIpc) is 3.56. The van der Waals surface area contributed by atoms with Gasteiger partial charge in [0.2, 0.25) is 0 Å². The lowest BCUT2D eigenvalue weighted by atomic mass is 9.95. The van der Waals surface area contributed by atoms with Crippen molar-refractivity contribution in [3.63, 3.8) is 0 Å². The van der Waals surface area contributed by atoms with Gasteiger partial charge in [-0.2, -0.15) is 0 Å². The molecule has 0 aliphatic rings. The molecule has 0 N–H and O–H groups in total. The molecular formula is C45H27N3O. The van der Waals surface area contributed by atoms with E-state index in [1.165, 1.54) is 26.9 Å². The molecule has 0 saturated heterocycles. The van der Waals surface area contributed by atoms with Crippen molar-refractivity contribution in [2.24, 2.45) is 0 Å². The van der Waals surface area contributed by atoms with Crippen molar-refractivity contribution in [3.05, 3.63) is 164 Å². The number of benzene rings is 8. The molecule has 2 aromatic heterocycles. The molecule has 0 aliphatic heterocycles. The van der Waals surface area contributed by atoms with Crippen LogP contribution in [0.4, 0.5) is 0 Å². The minimum atomic E-state index is 0.600. The standard InChI is InChI=1S/C45H27N3O/c1-3-11-28(12-4-1)34-26-38(42-37-17-9-10-18-39(37)49-40(42)27-34)45-47-43(31-14-5-2-6-15-31)46-44(48-45)33-23-24-36-32(25-33)22-21-30-20-19-29-13-7-8-16-35(29)41(30)36/h1-27H. The Morgan fingerprint density at radius 3 is 1.76 bits per heavy atom. The predicted molar refractivity (Wildman–Crippen MR) is 201 cm³/mol. The molecular weight excluding hydrogens is 599 g/mol. The monoisotopic (exact) mass is 625 g/mol. The lowest BCUT2D eigenvalue weighted by Gasteiger charge is -2.12. The van der Waals surface area contributed by atoms with Crippen molar-refractivity contribution in [2.45, 2.75) is 0 Å². The molecule has 10 aromatic rings. The molecule has 0 atom stereocenters. The van der Waals surface area contributed by atoms with Gasteiger partial charge in [0.15, 0.2) is 17.5 Å². The zero-order valence-electron chi connectivity index (χ0n) is 26.3. The van der Waals surface area contributed by atoms with Crippen molar-refractivity contribution in [1.82, 2.24) is 15.0 Å². The zero-order valence-corrected chi connectivity index (χ0v) is 26.3. The molecule has 4 heteroatoms. The van der Waals surface area contributed by atoms with Crippen LogP contribution in [-0.2, 0) is 0 Å². The van der Waals surface area contributed by atoms with Crippen LogP contribution in [-0.4, -0.2) is 15.0 Å². The predicted octanol–water partition coefficient (Wildman–Crippen LogP) is 11.9. The Morgan fingerprint density at radius 1 is 0.327 bits per heavy atom. The van der Waals surface area contributed by atoms with E-state index in [-0.39, 0.29) is 0 Å². The van der Waals surface area contributed by atoms with E-state index in [2.05, 4.69) is 109 Å². The number of rotatable bonds is 4. The zero-order chi connectivity index (χ0) is 32.3. The Bertz CT molecular complexity index is 2880. The van der Waals surface area contributed by atoms with Crippen molar-refractivity contribution < 1.29 is 4.42 Å². The van der Waals surface area contributed by atoms with E-state index in [0.717, 1.165) is 55.1 Å². The first-order valence-electron chi connectivity index (χ1n) is 16.4. The second-order valence-electron chi connectivity index (χ2n) is 12.4. The summed E-state index contributed by atoms with van der Waals surface area (Å²) in [6.07, 6.45) is 0. The van der Waals surface area contributed by atoms with E-state index < -0.39 is 0 Å². The highest BCUT2D eigenvalue weighted by atomic mass is 16.3. The molecule has 0 saturated carbocycles. The molecule has 0 aliphatic carbocycles. The first kappa shape index (κ1) is 27.5. The van der Waals surface area contributed by atoms with E-state index in [9.17, 15) is 0 Å². The van der Waals surface area contributed by atoms with E-state index >= 15 is 0 Å². The molecule has 4 nitrogen and oxygen atoms in total. The molecule has 2 heterocycles. The summed E-state index contributed by atoms with van der Waals surface area (Å²) < 4.78 is 6.45. The van der Waals surface area contributed by atoms with E-state index in [4.69, 9.17) is 19.4 Å². The number of fused-ring (bicyclic) bond motifs is 8. The van der Waals surface area contributed by atoms with E-state index in [1.807, 2.05) is 54.6 Å². The molecule has 0 spiro atoms. The van der Waals surface area contributed by atoms with Crippen molar-refractivity contribution >= 4 is 54.3 Å². The molecule has 228 valence electrons. The third kappa shape index (κ3) is 4.57. The fraction of sp³-hybridized carbons (Fsp3) is 0. The van der Waals surface area contributed by atoms with Gasteiger partial charge in [0, 0.05) is 27.5 Å². The van der Waals surface area contributed by atoms with Gasteiger partial charge in [-0.05, 0) is 67.7 Å². The first-order chi connectivity index (χ1) is 24.3. The van der Waals surface area contributed by atoms with E-state index in [1.54, 1.807) is 0 Å². The van der Waals surface area contributed by atoms with Crippen molar-refractivity contribution in [1.29, 1.82) is 0 Å². The van der Waals surface area contributed by atoms with Crippen LogP contribution in [0.5, 0.6) is 0 Å². The summed E-state index contributed by atoms with van der Waals surface area (Å²) in [5.74, 6) is 1.84. The minimum Gasteiger partial charge on any atom is -0.456 e. The summed E-state index contributed by atoms with van der Waals surface area (Å²) in [7, 11) is 0. The largest absolute Gasteiger partial charge is 0.456 e. The van der Waals surface area contributed by atoms with Crippen LogP contribution >= 0.6 is 0 Å². The molecule has 0 unspecified atom stereocenters. The smallest absolute Gasteiger partial charge is 0.164 e. The molecule has 49 heavy (non-hydrogen) atoms. The highest BCUT2D eigenvalue weighted by molar-refractivity contribution is 6.20. The van der Waals surface area contributed by atoms with Gasteiger partial charge in [-0.15, -0.1) is 0 Å². The molecule has 0 bridgehead atoms. The highest BCUT2D eigenvalue weighted by Crippen LogP contribution is 2.40. The number of hydrogen-bond donors (Lipinski definition) is 0. The average molecular weight is 626 g/mol. The first-order valence-corrected chi connectivity index (χ1v) is 16.4. The van der Waals surface area contributed by atoms with Gasteiger partial charge in [0.05, 0.1) is 0 Å². The van der Waals surface area contributed by atoms with Crippen LogP contribution in [0.15, 0.2) is 168 Å². The van der Waals surface area contributed by atoms with Crippen LogP contribution in [0.25, 0.3) is 99.5 Å². The number of aromatic nitrogens is 3. The second kappa shape index (κ2) is 11.0. The third-order valence-electron chi connectivity index (χ3n) is 9.48. The maximum Gasteiger partial charge on any atom is 0.164 e. The number of nitrogens with zero attached hydrogens (tertiary/aromatic N) is 3. The quantitative estimate of drug-likeness (QED) is 0.183. The molecule has 0 radical (unpaired) electrons. The molecule has 0 fully saturated rings. The summed E-state index contributed by atoms with van der Waals surface area (Å²) >= 11 is 0. The molecule has 0 amide bonds. The Balaban J connectivity index is 1.24. The van der Waals surface area contributed by atoms with Crippen molar-refractivity contribution in [2.75, 3.05) is 0 Å². The van der Waals surface area contributed by atoms with Crippen LogP contribution < -0.4 is 0 Å². The summed E-state index contributed by atoms with van der Waals surface area (Å²) in [6.45, 7) is 0. The normalized spacial score (nSPS) is 11.7. The number of hydrogen-bond acceptors (Lipinski definition) is 4. The molecule has 8 aromatic carbocycles. The van der Waals surface area contributed by atoms with Gasteiger partial charge in [0.25, 0.3) is 0 Å². The fourth-order valence-electron chi connectivity index (χ4n) is 7.14. The van der Waals surface area contributed by atoms with Gasteiger partial charge in [-0.1, -0.05) is 140 Å². The SMILES string of the molecule is c1ccc(-c2cc(-c3nc(-c4ccccc4)nc(-c4ccc5c(ccc6ccc7ccccc7c65)c4)n3)c3c(c2)oc2ccccc23)cc1. The Hall–Kier alpha value is -6.65. The van der Waals surface area contributed by atoms with Gasteiger partial charge in [-0.3, -0.25) is 0 Å². The second-order valence-corrected chi connectivity index (χ2v) is 12.4. The minimum absolute atomic E-state index is 0.600. The Morgan fingerprint density at radius 2 is 0.939 bits per heavy atom. The van der Waals surface area contributed by atoms with Crippen LogP contribution in [0.3, 0.4) is 0 Å². The lowest BCUT2D eigenvalue weighted by Crippen LogP contribution is -2.00. The topological polar surface area (TPSA) is 51.8 Å². The Kier molecular flexibility index (Phi) is 6.15.